The Bertz CT molecular complexity index is 688. The summed E-state index contributed by atoms with van der Waals surface area (Å²) in [6.45, 7) is 4.13. The Balaban J connectivity index is 1.33. The summed E-state index contributed by atoms with van der Waals surface area (Å²) in [6.07, 6.45) is 6.92. The van der Waals surface area contributed by atoms with Gasteiger partial charge >= 0.3 is 0 Å². The highest BCUT2D eigenvalue weighted by Gasteiger charge is 2.38. The van der Waals surface area contributed by atoms with Crippen LogP contribution in [0.5, 0.6) is 0 Å². The Kier molecular flexibility index (Phi) is 4.98. The molecule has 140 valence electrons. The highest BCUT2D eigenvalue weighted by molar-refractivity contribution is 6.32. The fraction of sp³-hybridized carbons (Fsp3) is 0.667. The van der Waals surface area contributed by atoms with Crippen molar-refractivity contribution >= 4 is 29.2 Å². The highest BCUT2D eigenvalue weighted by Crippen LogP contribution is 2.33. The lowest BCUT2D eigenvalue weighted by molar-refractivity contribution is -0.141. The Labute approximate surface area is 158 Å². The lowest BCUT2D eigenvalue weighted by Gasteiger charge is -2.39. The first-order chi connectivity index (χ1) is 12.6. The molecule has 0 unspecified atom stereocenters. The van der Waals surface area contributed by atoms with E-state index in [2.05, 4.69) is 14.9 Å². The van der Waals surface area contributed by atoms with Gasteiger partial charge in [-0.3, -0.25) is 9.59 Å². The first-order valence-corrected chi connectivity index (χ1v) is 9.79. The number of rotatable bonds is 3. The van der Waals surface area contributed by atoms with E-state index in [0.29, 0.717) is 37.7 Å². The van der Waals surface area contributed by atoms with Crippen LogP contribution in [0.3, 0.4) is 0 Å². The highest BCUT2D eigenvalue weighted by atomic mass is 35.5. The number of piperidine rings is 1. The summed E-state index contributed by atoms with van der Waals surface area (Å²) >= 11 is 6.17. The molecule has 8 heteroatoms. The van der Waals surface area contributed by atoms with Gasteiger partial charge in [0.15, 0.2) is 5.82 Å². The molecule has 0 bridgehead atoms. The molecule has 0 radical (unpaired) electrons. The summed E-state index contributed by atoms with van der Waals surface area (Å²) in [5.74, 6) is 1.34. The third kappa shape index (κ3) is 3.63. The predicted molar refractivity (Wildman–Crippen MR) is 97.9 cm³/mol. The molecule has 4 rings (SSSR count). The maximum Gasteiger partial charge on any atom is 0.227 e. The molecule has 0 spiro atoms. The zero-order valence-corrected chi connectivity index (χ0v) is 15.6. The zero-order valence-electron chi connectivity index (χ0n) is 14.8. The van der Waals surface area contributed by atoms with Gasteiger partial charge in [0.25, 0.3) is 0 Å². The minimum absolute atomic E-state index is 0.0550. The third-order valence-corrected chi connectivity index (χ3v) is 5.81. The number of halogens is 1. The van der Waals surface area contributed by atoms with Crippen LogP contribution in [0.25, 0.3) is 0 Å². The molecule has 1 atom stereocenters. The van der Waals surface area contributed by atoms with E-state index in [1.165, 1.54) is 6.33 Å². The molecule has 2 saturated heterocycles. The normalized spacial score (nSPS) is 23.9. The van der Waals surface area contributed by atoms with Crippen molar-refractivity contribution in [1.29, 1.82) is 0 Å². The number of aromatic nitrogens is 2. The summed E-state index contributed by atoms with van der Waals surface area (Å²) in [6, 6.07) is 0. The third-order valence-electron chi connectivity index (χ3n) is 5.55. The molecule has 7 nitrogen and oxygen atoms in total. The van der Waals surface area contributed by atoms with Crippen LogP contribution in [0.15, 0.2) is 12.5 Å². The summed E-state index contributed by atoms with van der Waals surface area (Å²) in [5, 5.41) is 0.536. The number of anilines is 1. The smallest absolute Gasteiger partial charge is 0.227 e. The van der Waals surface area contributed by atoms with Gasteiger partial charge in [0.1, 0.15) is 11.3 Å². The van der Waals surface area contributed by atoms with Crippen molar-refractivity contribution in [3.63, 3.8) is 0 Å². The minimum Gasteiger partial charge on any atom is -0.352 e. The predicted octanol–water partition coefficient (Wildman–Crippen LogP) is 1.43. The Morgan fingerprint density at radius 1 is 0.962 bits per heavy atom. The second kappa shape index (κ2) is 7.39. The average molecular weight is 378 g/mol. The van der Waals surface area contributed by atoms with Crippen molar-refractivity contribution < 1.29 is 9.59 Å². The summed E-state index contributed by atoms with van der Waals surface area (Å²) in [4.78, 5) is 39.3. The summed E-state index contributed by atoms with van der Waals surface area (Å²) in [5.41, 5.74) is 0. The van der Waals surface area contributed by atoms with Gasteiger partial charge < -0.3 is 14.7 Å². The van der Waals surface area contributed by atoms with Crippen molar-refractivity contribution in [2.45, 2.75) is 25.7 Å². The van der Waals surface area contributed by atoms with Gasteiger partial charge in [0.2, 0.25) is 11.8 Å². The van der Waals surface area contributed by atoms with Crippen LogP contribution < -0.4 is 4.90 Å². The van der Waals surface area contributed by atoms with Crippen LogP contribution in [0.2, 0.25) is 5.02 Å². The Morgan fingerprint density at radius 3 is 2.38 bits per heavy atom. The van der Waals surface area contributed by atoms with Crippen LogP contribution in [0, 0.1) is 11.8 Å². The van der Waals surface area contributed by atoms with Crippen molar-refractivity contribution in [2.24, 2.45) is 11.8 Å². The van der Waals surface area contributed by atoms with Crippen LogP contribution in [-0.4, -0.2) is 70.9 Å². The van der Waals surface area contributed by atoms with E-state index in [1.54, 1.807) is 6.20 Å². The topological polar surface area (TPSA) is 69.6 Å². The monoisotopic (exact) mass is 377 g/mol. The lowest BCUT2D eigenvalue weighted by atomic mass is 9.95. The fourth-order valence-corrected chi connectivity index (χ4v) is 4.13. The van der Waals surface area contributed by atoms with Crippen molar-refractivity contribution in [3.05, 3.63) is 17.5 Å². The maximum atomic E-state index is 12.9. The average Bonchev–Trinajstić information content (AvgIpc) is 3.53. The number of carbonyl (C=O) groups excluding carboxylic acids is 2. The molecule has 1 aromatic heterocycles. The van der Waals surface area contributed by atoms with Crippen LogP contribution in [0.4, 0.5) is 5.82 Å². The van der Waals surface area contributed by atoms with E-state index in [-0.39, 0.29) is 23.7 Å². The molecule has 3 aliphatic rings. The molecular formula is C18H24ClN5O2. The SMILES string of the molecule is O=C(C1CC1)N1CCC[C@H](C(=O)N2CCN(c3ncncc3Cl)CC2)C1. The van der Waals surface area contributed by atoms with Crippen LogP contribution >= 0.6 is 11.6 Å². The molecule has 26 heavy (non-hydrogen) atoms. The molecule has 1 aromatic rings. The van der Waals surface area contributed by atoms with Crippen molar-refractivity contribution in [3.8, 4) is 0 Å². The largest absolute Gasteiger partial charge is 0.352 e. The van der Waals surface area contributed by atoms with Gasteiger partial charge in [-0.05, 0) is 25.7 Å². The van der Waals surface area contributed by atoms with Gasteiger partial charge in [-0.25, -0.2) is 9.97 Å². The first-order valence-electron chi connectivity index (χ1n) is 9.41. The number of carbonyl (C=O) groups is 2. The lowest BCUT2D eigenvalue weighted by Crippen LogP contribution is -2.53. The molecule has 2 aliphatic heterocycles. The second-order valence-electron chi connectivity index (χ2n) is 7.40. The van der Waals surface area contributed by atoms with E-state index in [0.717, 1.165) is 38.0 Å². The minimum atomic E-state index is -0.0550. The molecule has 0 N–H and O–H groups in total. The number of nitrogens with zero attached hydrogens (tertiary/aromatic N) is 5. The van der Waals surface area contributed by atoms with Crippen LogP contribution in [0.1, 0.15) is 25.7 Å². The number of hydrogen-bond donors (Lipinski definition) is 0. The van der Waals surface area contributed by atoms with Crippen molar-refractivity contribution in [2.75, 3.05) is 44.2 Å². The number of amides is 2. The molecule has 2 amide bonds. The van der Waals surface area contributed by atoms with Crippen molar-refractivity contribution in [1.82, 2.24) is 19.8 Å². The first kappa shape index (κ1) is 17.5. The molecule has 3 fully saturated rings. The van der Waals surface area contributed by atoms with E-state index < -0.39 is 0 Å². The van der Waals surface area contributed by atoms with E-state index in [1.807, 2.05) is 9.80 Å². The summed E-state index contributed by atoms with van der Waals surface area (Å²) < 4.78 is 0. The van der Waals surface area contributed by atoms with Gasteiger partial charge in [0.05, 0.1) is 12.1 Å². The number of likely N-dealkylation sites (tertiary alicyclic amines) is 1. The standard InChI is InChI=1S/C18H24ClN5O2/c19-15-10-20-12-21-16(15)22-6-8-23(9-7-22)18(26)14-2-1-5-24(11-14)17(25)13-3-4-13/h10,12-14H,1-9,11H2/t14-/m0/s1. The number of piperazine rings is 1. The van der Waals surface area contributed by atoms with Gasteiger partial charge in [0, 0.05) is 45.2 Å². The molecule has 3 heterocycles. The van der Waals surface area contributed by atoms with Gasteiger partial charge in [-0.2, -0.15) is 0 Å². The van der Waals surface area contributed by atoms with Gasteiger partial charge in [-0.1, -0.05) is 11.6 Å². The second-order valence-corrected chi connectivity index (χ2v) is 7.81. The Hall–Kier alpha value is -1.89. The molecular weight excluding hydrogens is 354 g/mol. The summed E-state index contributed by atoms with van der Waals surface area (Å²) in [7, 11) is 0. The van der Waals surface area contributed by atoms with E-state index >= 15 is 0 Å². The van der Waals surface area contributed by atoms with Gasteiger partial charge in [-0.15, -0.1) is 0 Å². The molecule has 0 aromatic carbocycles. The van der Waals surface area contributed by atoms with Crippen LogP contribution in [-0.2, 0) is 9.59 Å². The fourth-order valence-electron chi connectivity index (χ4n) is 3.90. The quantitative estimate of drug-likeness (QED) is 0.797. The number of hydrogen-bond acceptors (Lipinski definition) is 5. The molecule has 1 aliphatic carbocycles. The van der Waals surface area contributed by atoms with E-state index in [9.17, 15) is 9.59 Å². The Morgan fingerprint density at radius 2 is 1.69 bits per heavy atom. The maximum absolute atomic E-state index is 12.9. The van der Waals surface area contributed by atoms with E-state index in [4.69, 9.17) is 11.6 Å². The molecule has 1 saturated carbocycles. The zero-order chi connectivity index (χ0) is 18.1.